The lowest BCUT2D eigenvalue weighted by Crippen LogP contribution is -2.50. The van der Waals surface area contributed by atoms with Gasteiger partial charge < -0.3 is 15.1 Å². The van der Waals surface area contributed by atoms with E-state index >= 15 is 0 Å². The number of aliphatic carboxylic acids is 1. The van der Waals surface area contributed by atoms with Crippen molar-refractivity contribution in [1.29, 1.82) is 0 Å². The number of carboxylic acids is 1. The zero-order valence-corrected chi connectivity index (χ0v) is 13.4. The molecule has 0 saturated carbocycles. The van der Waals surface area contributed by atoms with Crippen LogP contribution in [0.15, 0.2) is 24.3 Å². The van der Waals surface area contributed by atoms with Gasteiger partial charge in [0.2, 0.25) is 0 Å². The highest BCUT2D eigenvalue weighted by Gasteiger charge is 2.48. The second-order valence-corrected chi connectivity index (χ2v) is 7.50. The van der Waals surface area contributed by atoms with E-state index in [4.69, 9.17) is 0 Å². The highest BCUT2D eigenvalue weighted by Crippen LogP contribution is 2.46. The Morgan fingerprint density at radius 2 is 1.95 bits per heavy atom. The van der Waals surface area contributed by atoms with Crippen LogP contribution >= 0.6 is 0 Å². The third-order valence-electron chi connectivity index (χ3n) is 5.55. The smallest absolute Gasteiger partial charge is 0.310 e. The lowest BCUT2D eigenvalue weighted by Gasteiger charge is -2.43. The van der Waals surface area contributed by atoms with Crippen LogP contribution < -0.4 is 0 Å². The summed E-state index contributed by atoms with van der Waals surface area (Å²) < 4.78 is 0. The van der Waals surface area contributed by atoms with Crippen molar-refractivity contribution in [3.8, 4) is 0 Å². The summed E-state index contributed by atoms with van der Waals surface area (Å²) in [7, 11) is 0. The minimum atomic E-state index is -0.751. The van der Waals surface area contributed by atoms with E-state index in [0.717, 1.165) is 32.4 Å². The highest BCUT2D eigenvalue weighted by atomic mass is 16.4. The second-order valence-electron chi connectivity index (χ2n) is 7.50. The molecule has 22 heavy (non-hydrogen) atoms. The molecule has 1 unspecified atom stereocenters. The monoisotopic (exact) mass is 303 g/mol. The number of piperidine rings is 1. The van der Waals surface area contributed by atoms with E-state index in [1.807, 2.05) is 6.07 Å². The lowest BCUT2D eigenvalue weighted by molar-refractivity contribution is -0.148. The van der Waals surface area contributed by atoms with Crippen molar-refractivity contribution in [3.63, 3.8) is 0 Å². The van der Waals surface area contributed by atoms with Crippen LogP contribution in [-0.4, -0.2) is 46.8 Å². The Kier molecular flexibility index (Phi) is 3.77. The van der Waals surface area contributed by atoms with Crippen molar-refractivity contribution < 1.29 is 15.0 Å². The van der Waals surface area contributed by atoms with Gasteiger partial charge >= 0.3 is 5.97 Å². The number of carbonyl (C=O) groups is 1. The molecule has 4 nitrogen and oxygen atoms in total. The molecule has 4 heteroatoms. The fourth-order valence-electron chi connectivity index (χ4n) is 4.11. The second kappa shape index (κ2) is 5.36. The third-order valence-corrected chi connectivity index (χ3v) is 5.55. The maximum Gasteiger partial charge on any atom is 0.310 e. The molecule has 0 aromatic heterocycles. The quantitative estimate of drug-likeness (QED) is 0.897. The maximum atomic E-state index is 11.3. The predicted molar refractivity (Wildman–Crippen MR) is 84.9 cm³/mol. The van der Waals surface area contributed by atoms with Gasteiger partial charge in [-0.3, -0.25) is 4.79 Å². The van der Waals surface area contributed by atoms with Gasteiger partial charge in [0, 0.05) is 12.0 Å². The molecule has 2 N–H and O–H groups in total. The summed E-state index contributed by atoms with van der Waals surface area (Å²) in [6, 6.07) is 8.36. The third kappa shape index (κ3) is 2.44. The number of benzene rings is 1. The Bertz CT molecular complexity index is 573. The van der Waals surface area contributed by atoms with Crippen molar-refractivity contribution in [2.45, 2.75) is 44.6 Å². The largest absolute Gasteiger partial charge is 0.481 e. The molecular formula is C18H25NO3. The molecule has 1 spiro atoms. The van der Waals surface area contributed by atoms with Gasteiger partial charge in [-0.1, -0.05) is 24.3 Å². The van der Waals surface area contributed by atoms with Crippen LogP contribution in [0.5, 0.6) is 0 Å². The molecule has 0 amide bonds. The molecule has 2 aliphatic rings. The molecule has 1 saturated heterocycles. The summed E-state index contributed by atoms with van der Waals surface area (Å²) in [6.45, 7) is 5.82. The van der Waals surface area contributed by atoms with Gasteiger partial charge in [-0.05, 0) is 57.3 Å². The first kappa shape index (κ1) is 15.5. The normalized spacial score (nSPS) is 24.4. The number of carboxylic acid groups (broad SMARTS) is 1. The Morgan fingerprint density at radius 3 is 2.59 bits per heavy atom. The van der Waals surface area contributed by atoms with Gasteiger partial charge in [-0.2, -0.15) is 0 Å². The molecule has 1 aromatic carbocycles. The zero-order chi connectivity index (χ0) is 16.0. The molecule has 1 fully saturated rings. The Morgan fingerprint density at radius 1 is 1.32 bits per heavy atom. The fourth-order valence-corrected chi connectivity index (χ4v) is 4.11. The molecule has 3 rings (SSSR count). The zero-order valence-electron chi connectivity index (χ0n) is 13.4. The first-order chi connectivity index (χ1) is 10.3. The van der Waals surface area contributed by atoms with E-state index in [0.29, 0.717) is 6.54 Å². The number of hydrogen-bond donors (Lipinski definition) is 2. The van der Waals surface area contributed by atoms with Gasteiger partial charge in [0.25, 0.3) is 0 Å². The standard InChI is InChI=1S/C18H25NO3/c1-17(2,16(21)22)12-19-9-7-18(8-10-19)14-6-4-3-5-13(14)11-15(18)20/h3-6,15,20H,7-12H2,1-2H3,(H,21,22). The topological polar surface area (TPSA) is 60.8 Å². The Labute approximate surface area is 131 Å². The first-order valence-corrected chi connectivity index (χ1v) is 8.07. The minimum Gasteiger partial charge on any atom is -0.481 e. The van der Waals surface area contributed by atoms with Gasteiger partial charge in [-0.15, -0.1) is 0 Å². The molecule has 0 bridgehead atoms. The van der Waals surface area contributed by atoms with E-state index in [9.17, 15) is 15.0 Å². The van der Waals surface area contributed by atoms with Crippen LogP contribution in [0.2, 0.25) is 0 Å². The summed E-state index contributed by atoms with van der Waals surface area (Å²) in [5.74, 6) is -0.751. The number of hydrogen-bond acceptors (Lipinski definition) is 3. The number of rotatable bonds is 3. The minimum absolute atomic E-state index is 0.125. The molecular weight excluding hydrogens is 278 g/mol. The highest BCUT2D eigenvalue weighted by molar-refractivity contribution is 5.73. The predicted octanol–water partition coefficient (Wildman–Crippen LogP) is 2.05. The molecule has 1 atom stereocenters. The average Bonchev–Trinajstić information content (AvgIpc) is 2.74. The van der Waals surface area contributed by atoms with Crippen LogP contribution in [0, 0.1) is 5.41 Å². The first-order valence-electron chi connectivity index (χ1n) is 8.07. The van der Waals surface area contributed by atoms with Gasteiger partial charge in [-0.25, -0.2) is 0 Å². The summed E-state index contributed by atoms with van der Waals surface area (Å²) in [5.41, 5.74) is 1.73. The number of aliphatic hydroxyl groups is 1. The number of likely N-dealkylation sites (tertiary alicyclic amines) is 1. The summed E-state index contributed by atoms with van der Waals surface area (Å²) in [4.78, 5) is 13.5. The average molecular weight is 303 g/mol. The van der Waals surface area contributed by atoms with Crippen LogP contribution in [0.1, 0.15) is 37.8 Å². The van der Waals surface area contributed by atoms with E-state index in [1.165, 1.54) is 11.1 Å². The van der Waals surface area contributed by atoms with Gasteiger partial charge in [0.05, 0.1) is 11.5 Å². The van der Waals surface area contributed by atoms with Crippen molar-refractivity contribution in [1.82, 2.24) is 4.90 Å². The van der Waals surface area contributed by atoms with Crippen molar-refractivity contribution in [2.75, 3.05) is 19.6 Å². The van der Waals surface area contributed by atoms with Crippen LogP contribution in [0.3, 0.4) is 0 Å². The Balaban J connectivity index is 1.73. The number of aliphatic hydroxyl groups excluding tert-OH is 1. The molecule has 0 radical (unpaired) electrons. The SMILES string of the molecule is CC(C)(CN1CCC2(CC1)c1ccccc1CC2O)C(=O)O. The summed E-state index contributed by atoms with van der Waals surface area (Å²) in [6.07, 6.45) is 2.25. The molecule has 1 heterocycles. The van der Waals surface area contributed by atoms with E-state index < -0.39 is 11.4 Å². The lowest BCUT2D eigenvalue weighted by atomic mass is 9.72. The number of nitrogens with zero attached hydrogens (tertiary/aromatic N) is 1. The molecule has 1 aromatic rings. The number of fused-ring (bicyclic) bond motifs is 2. The van der Waals surface area contributed by atoms with Crippen LogP contribution in [-0.2, 0) is 16.6 Å². The van der Waals surface area contributed by atoms with Crippen molar-refractivity contribution in [3.05, 3.63) is 35.4 Å². The van der Waals surface area contributed by atoms with Gasteiger partial charge in [0.15, 0.2) is 0 Å². The van der Waals surface area contributed by atoms with Crippen molar-refractivity contribution in [2.24, 2.45) is 5.41 Å². The van der Waals surface area contributed by atoms with Crippen molar-refractivity contribution >= 4 is 5.97 Å². The molecule has 1 aliphatic carbocycles. The van der Waals surface area contributed by atoms with Gasteiger partial charge in [0.1, 0.15) is 0 Å². The molecule has 120 valence electrons. The van der Waals surface area contributed by atoms with Crippen LogP contribution in [0.25, 0.3) is 0 Å². The Hall–Kier alpha value is -1.39. The summed E-state index contributed by atoms with van der Waals surface area (Å²) >= 11 is 0. The fraction of sp³-hybridized carbons (Fsp3) is 0.611. The van der Waals surface area contributed by atoms with E-state index in [1.54, 1.807) is 13.8 Å². The van der Waals surface area contributed by atoms with E-state index in [2.05, 4.69) is 23.1 Å². The molecule has 1 aliphatic heterocycles. The summed E-state index contributed by atoms with van der Waals surface area (Å²) in [5, 5.41) is 19.9. The van der Waals surface area contributed by atoms with Crippen LogP contribution in [0.4, 0.5) is 0 Å². The maximum absolute atomic E-state index is 11.3. The van der Waals surface area contributed by atoms with E-state index in [-0.39, 0.29) is 11.5 Å².